The third-order valence-corrected chi connectivity index (χ3v) is 2.36. The minimum Gasteiger partial charge on any atom is -0.624 e. The van der Waals surface area contributed by atoms with Crippen LogP contribution in [0.2, 0.25) is 0 Å². The fourth-order valence-corrected chi connectivity index (χ4v) is 1.28. The maximum absolute atomic E-state index is 11.2. The summed E-state index contributed by atoms with van der Waals surface area (Å²) in [7, 11) is -4.35. The molecule has 0 aliphatic carbocycles. The zero-order valence-electron chi connectivity index (χ0n) is 8.25. The van der Waals surface area contributed by atoms with Crippen LogP contribution in [0.1, 0.15) is 19.4 Å². The molecule has 1 aromatic heterocycles. The number of hydrogen-bond acceptors (Lipinski definition) is 4. The average molecular weight is 233 g/mol. The Morgan fingerprint density at radius 2 is 2.20 bits per heavy atom. The fourth-order valence-electron chi connectivity index (χ4n) is 0.829. The summed E-state index contributed by atoms with van der Waals surface area (Å²) < 4.78 is 35.1. The van der Waals surface area contributed by atoms with Crippen molar-refractivity contribution in [2.75, 3.05) is 0 Å². The Morgan fingerprint density at radius 3 is 2.60 bits per heavy atom. The van der Waals surface area contributed by atoms with Gasteiger partial charge in [0.25, 0.3) is 0 Å². The molecule has 0 unspecified atom stereocenters. The Hall–Kier alpha value is -1.34. The second-order valence-corrected chi connectivity index (χ2v) is 4.61. The molecule has 1 rings (SSSR count). The summed E-state index contributed by atoms with van der Waals surface area (Å²) in [6.45, 7) is 3.38. The zero-order valence-corrected chi connectivity index (χ0v) is 9.06. The second kappa shape index (κ2) is 4.03. The third kappa shape index (κ3) is 3.07. The summed E-state index contributed by atoms with van der Waals surface area (Å²) >= 11 is 0. The molecule has 0 atom stereocenters. The molecule has 6 nitrogen and oxygen atoms in total. The van der Waals surface area contributed by atoms with E-state index in [-0.39, 0.29) is 11.6 Å². The fraction of sp³-hybridized carbons (Fsp3) is 0.375. The van der Waals surface area contributed by atoms with Crippen LogP contribution in [-0.2, 0) is 10.1 Å². The zero-order chi connectivity index (χ0) is 11.6. The van der Waals surface area contributed by atoms with Crippen molar-refractivity contribution in [3.05, 3.63) is 23.1 Å². The Balaban J connectivity index is 3.01. The van der Waals surface area contributed by atoms with Crippen LogP contribution in [0.5, 0.6) is 0 Å². The highest BCUT2D eigenvalue weighted by atomic mass is 32.2. The van der Waals surface area contributed by atoms with Crippen LogP contribution in [0, 0.1) is 5.21 Å². The number of nitrogens with zero attached hydrogens (tertiary/aromatic N) is 1. The molecule has 0 fully saturated rings. The van der Waals surface area contributed by atoms with Crippen molar-refractivity contribution < 1.29 is 22.1 Å². The van der Waals surface area contributed by atoms with Gasteiger partial charge in [-0.15, -0.1) is 0 Å². The molecule has 84 valence electrons. The van der Waals surface area contributed by atoms with Gasteiger partial charge in [0.1, 0.15) is 6.26 Å². The molecule has 15 heavy (non-hydrogen) atoms. The van der Waals surface area contributed by atoms with Crippen LogP contribution in [0.3, 0.4) is 0 Å². The quantitative estimate of drug-likeness (QED) is 0.275. The van der Waals surface area contributed by atoms with Crippen LogP contribution >= 0.6 is 0 Å². The summed E-state index contributed by atoms with van der Waals surface area (Å²) in [6, 6.07) is 0.817. The largest absolute Gasteiger partial charge is 0.624 e. The van der Waals surface area contributed by atoms with Gasteiger partial charge in [-0.1, -0.05) is 0 Å². The molecule has 0 aromatic carbocycles. The Bertz CT molecular complexity index is 471. The molecular weight excluding hydrogens is 222 g/mol. The van der Waals surface area contributed by atoms with E-state index in [1.54, 1.807) is 13.8 Å². The highest BCUT2D eigenvalue weighted by Crippen LogP contribution is 2.11. The first-order chi connectivity index (χ1) is 6.80. The maximum Gasteiger partial charge on any atom is 0.328 e. The standard InChI is InChI=1S/C8H11NO5S/c1-6(2)9(10)4-7-3-8(14-5-7)15(11,12)13/h3-6H,1-2H3,(H,11,12,13). The van der Waals surface area contributed by atoms with Gasteiger partial charge < -0.3 is 9.62 Å². The highest BCUT2D eigenvalue weighted by molar-refractivity contribution is 7.85. The number of hydrogen-bond donors (Lipinski definition) is 1. The molecule has 0 aliphatic rings. The summed E-state index contributed by atoms with van der Waals surface area (Å²) in [4.78, 5) is 0. The molecule has 0 radical (unpaired) electrons. The smallest absolute Gasteiger partial charge is 0.328 e. The Labute approximate surface area is 87.2 Å². The molecule has 0 saturated heterocycles. The summed E-state index contributed by atoms with van der Waals surface area (Å²) in [6.07, 6.45) is 2.26. The van der Waals surface area contributed by atoms with Gasteiger partial charge in [0.2, 0.25) is 5.09 Å². The van der Waals surface area contributed by atoms with Gasteiger partial charge in [0.15, 0.2) is 12.3 Å². The minimum atomic E-state index is -4.35. The molecule has 0 amide bonds. The molecule has 0 bridgehead atoms. The normalized spacial score (nSPS) is 13.5. The van der Waals surface area contributed by atoms with Gasteiger partial charge in [0, 0.05) is 6.07 Å². The van der Waals surface area contributed by atoms with Gasteiger partial charge in [-0.3, -0.25) is 4.55 Å². The van der Waals surface area contributed by atoms with Crippen molar-refractivity contribution in [3.8, 4) is 0 Å². The molecule has 0 saturated carbocycles. The lowest BCUT2D eigenvalue weighted by Gasteiger charge is -2.05. The Kier molecular flexibility index (Phi) is 3.15. The Morgan fingerprint density at radius 1 is 1.60 bits per heavy atom. The molecule has 1 heterocycles. The first-order valence-corrected chi connectivity index (χ1v) is 5.61. The van der Waals surface area contributed by atoms with Gasteiger partial charge >= 0.3 is 10.1 Å². The molecule has 0 spiro atoms. The average Bonchev–Trinajstić information content (AvgIpc) is 2.51. The first kappa shape index (κ1) is 11.7. The first-order valence-electron chi connectivity index (χ1n) is 4.17. The summed E-state index contributed by atoms with van der Waals surface area (Å²) in [5.41, 5.74) is 0.284. The van der Waals surface area contributed by atoms with E-state index in [0.717, 1.165) is 12.3 Å². The van der Waals surface area contributed by atoms with E-state index >= 15 is 0 Å². The van der Waals surface area contributed by atoms with E-state index in [4.69, 9.17) is 4.55 Å². The van der Waals surface area contributed by atoms with Crippen molar-refractivity contribution in [1.82, 2.24) is 0 Å². The predicted octanol–water partition coefficient (Wildman–Crippen LogP) is 0.864. The van der Waals surface area contributed by atoms with Crippen molar-refractivity contribution in [2.24, 2.45) is 0 Å². The van der Waals surface area contributed by atoms with Crippen molar-refractivity contribution in [1.29, 1.82) is 0 Å². The number of rotatable bonds is 3. The number of furan rings is 1. The molecule has 1 aromatic rings. The highest BCUT2D eigenvalue weighted by Gasteiger charge is 2.15. The molecule has 7 heteroatoms. The predicted molar refractivity (Wildman–Crippen MR) is 52.5 cm³/mol. The maximum atomic E-state index is 11.2. The monoisotopic (exact) mass is 233 g/mol. The van der Waals surface area contributed by atoms with Gasteiger partial charge in [-0.05, 0) is 13.8 Å². The van der Waals surface area contributed by atoms with Crippen molar-refractivity contribution in [2.45, 2.75) is 25.0 Å². The van der Waals surface area contributed by atoms with Crippen LogP contribution in [0.25, 0.3) is 0 Å². The summed E-state index contributed by atoms with van der Waals surface area (Å²) in [5.74, 6) is 0. The topological polar surface area (TPSA) is 93.6 Å². The van der Waals surface area contributed by atoms with Crippen LogP contribution in [-0.4, -0.2) is 30.0 Å². The number of hydroxylamine groups is 1. The van der Waals surface area contributed by atoms with E-state index in [2.05, 4.69) is 4.42 Å². The minimum absolute atomic E-state index is 0.255. The molecule has 1 N–H and O–H groups in total. The van der Waals surface area contributed by atoms with Gasteiger partial charge in [0.05, 0.1) is 5.56 Å². The van der Waals surface area contributed by atoms with Crippen molar-refractivity contribution >= 4 is 16.3 Å². The SMILES string of the molecule is CC(C)[N+]([O-])=Cc1coc(S(=O)(=O)O)c1. The lowest BCUT2D eigenvalue weighted by atomic mass is 10.3. The van der Waals surface area contributed by atoms with Crippen LogP contribution in [0.4, 0.5) is 0 Å². The van der Waals surface area contributed by atoms with E-state index in [9.17, 15) is 13.6 Å². The van der Waals surface area contributed by atoms with E-state index in [1.807, 2.05) is 0 Å². The lowest BCUT2D eigenvalue weighted by Crippen LogP contribution is -2.14. The molecule has 0 aliphatic heterocycles. The van der Waals surface area contributed by atoms with E-state index in [1.165, 1.54) is 6.21 Å². The van der Waals surface area contributed by atoms with E-state index in [0.29, 0.717) is 4.74 Å². The van der Waals surface area contributed by atoms with Crippen LogP contribution < -0.4 is 0 Å². The second-order valence-electron chi connectivity index (χ2n) is 3.26. The van der Waals surface area contributed by atoms with Crippen molar-refractivity contribution in [3.63, 3.8) is 0 Å². The van der Waals surface area contributed by atoms with Crippen LogP contribution in [0.15, 0.2) is 21.8 Å². The molecular formula is C8H11NO5S. The van der Waals surface area contributed by atoms with Gasteiger partial charge in [-0.25, -0.2) is 4.74 Å². The lowest BCUT2D eigenvalue weighted by molar-refractivity contribution is -0.487. The van der Waals surface area contributed by atoms with E-state index < -0.39 is 15.2 Å². The summed E-state index contributed by atoms with van der Waals surface area (Å²) in [5, 5.41) is 10.6. The van der Waals surface area contributed by atoms with Gasteiger partial charge in [-0.2, -0.15) is 8.42 Å². The third-order valence-electron chi connectivity index (χ3n) is 1.64.